The number of nitrogens with one attached hydrogen (secondary N) is 1. The Labute approximate surface area is 125 Å². The monoisotopic (exact) mass is 283 g/mol. The average molecular weight is 283 g/mol. The summed E-state index contributed by atoms with van der Waals surface area (Å²) in [6.45, 7) is 2.84. The van der Waals surface area contributed by atoms with Gasteiger partial charge in [-0.2, -0.15) is 5.10 Å². The second-order valence-electron chi connectivity index (χ2n) is 4.97. The molecule has 2 N–H and O–H groups in total. The molecule has 2 rings (SSSR count). The minimum Gasteiger partial charge on any atom is -0.395 e. The number of aryl methyl sites for hydroxylation is 1. The molecule has 0 aliphatic heterocycles. The van der Waals surface area contributed by atoms with E-state index in [-0.39, 0.29) is 6.61 Å². The van der Waals surface area contributed by atoms with E-state index in [0.29, 0.717) is 6.54 Å². The van der Waals surface area contributed by atoms with Gasteiger partial charge in [0.05, 0.1) is 18.5 Å². The van der Waals surface area contributed by atoms with Gasteiger partial charge < -0.3 is 10.0 Å². The lowest BCUT2D eigenvalue weighted by atomic mass is 10.2. The van der Waals surface area contributed by atoms with Gasteiger partial charge in [-0.1, -0.05) is 29.8 Å². The van der Waals surface area contributed by atoms with Gasteiger partial charge in [0, 0.05) is 19.3 Å². The second-order valence-corrected chi connectivity index (χ2v) is 4.97. The summed E-state index contributed by atoms with van der Waals surface area (Å²) in [6, 6.07) is 16.1. The number of aliphatic hydroxyl groups is 1. The summed E-state index contributed by atoms with van der Waals surface area (Å²) in [5.41, 5.74) is 7.30. The van der Waals surface area contributed by atoms with E-state index < -0.39 is 0 Å². The molecule has 0 saturated carbocycles. The molecule has 0 saturated heterocycles. The summed E-state index contributed by atoms with van der Waals surface area (Å²) in [6.07, 6.45) is 1.79. The van der Waals surface area contributed by atoms with Crippen LogP contribution in [0.3, 0.4) is 0 Å². The molecule has 2 aromatic rings. The molecule has 0 aliphatic carbocycles. The summed E-state index contributed by atoms with van der Waals surface area (Å²) in [4.78, 5) is 2.01. The molecule has 0 bridgehead atoms. The summed E-state index contributed by atoms with van der Waals surface area (Å²) in [5.74, 6) is 0. The van der Waals surface area contributed by atoms with Gasteiger partial charge in [-0.25, -0.2) is 0 Å². The van der Waals surface area contributed by atoms with Crippen LogP contribution in [0.5, 0.6) is 0 Å². The molecule has 0 aliphatic rings. The van der Waals surface area contributed by atoms with Crippen LogP contribution in [0.15, 0.2) is 53.6 Å². The summed E-state index contributed by atoms with van der Waals surface area (Å²) >= 11 is 0. The van der Waals surface area contributed by atoms with E-state index in [0.717, 1.165) is 16.9 Å². The van der Waals surface area contributed by atoms with Gasteiger partial charge in [0.15, 0.2) is 0 Å². The molecule has 21 heavy (non-hydrogen) atoms. The molecule has 0 spiro atoms. The number of rotatable bonds is 6. The highest BCUT2D eigenvalue weighted by Gasteiger charge is 1.98. The van der Waals surface area contributed by atoms with Gasteiger partial charge in [0.25, 0.3) is 0 Å². The molecule has 0 amide bonds. The fraction of sp³-hybridized carbons (Fsp3) is 0.235. The van der Waals surface area contributed by atoms with Gasteiger partial charge >= 0.3 is 0 Å². The van der Waals surface area contributed by atoms with Crippen molar-refractivity contribution in [1.82, 2.24) is 0 Å². The molecule has 2 aromatic carbocycles. The lowest BCUT2D eigenvalue weighted by Gasteiger charge is -2.17. The third-order valence-corrected chi connectivity index (χ3v) is 3.23. The zero-order valence-electron chi connectivity index (χ0n) is 12.5. The maximum absolute atomic E-state index is 8.92. The first kappa shape index (κ1) is 15.1. The number of benzene rings is 2. The standard InChI is InChI=1S/C17H21N3O/c1-14-3-7-16(8-4-14)19-18-13-15-5-9-17(10-6-15)20(2)11-12-21/h3-10,13,19,21H,11-12H2,1-2H3/b18-13-. The average Bonchev–Trinajstić information content (AvgIpc) is 2.50. The van der Waals surface area contributed by atoms with E-state index >= 15 is 0 Å². The number of anilines is 2. The van der Waals surface area contributed by atoms with Crippen LogP contribution >= 0.6 is 0 Å². The Bertz CT molecular complexity index is 576. The number of aliphatic hydroxyl groups excluding tert-OH is 1. The minimum absolute atomic E-state index is 0.153. The maximum atomic E-state index is 8.92. The van der Waals surface area contributed by atoms with Gasteiger partial charge in [-0.05, 0) is 36.8 Å². The van der Waals surface area contributed by atoms with E-state index in [4.69, 9.17) is 5.11 Å². The number of hydrazone groups is 1. The smallest absolute Gasteiger partial charge is 0.0606 e. The van der Waals surface area contributed by atoms with E-state index in [1.165, 1.54) is 5.56 Å². The molecular weight excluding hydrogens is 262 g/mol. The van der Waals surface area contributed by atoms with Crippen LogP contribution in [0.2, 0.25) is 0 Å². The minimum atomic E-state index is 0.153. The molecule has 0 atom stereocenters. The van der Waals surface area contributed by atoms with Crippen molar-refractivity contribution in [2.75, 3.05) is 30.5 Å². The molecule has 0 fully saturated rings. The van der Waals surface area contributed by atoms with E-state index in [2.05, 4.69) is 17.5 Å². The highest BCUT2D eigenvalue weighted by Crippen LogP contribution is 2.13. The molecule has 0 unspecified atom stereocenters. The molecule has 0 radical (unpaired) electrons. The topological polar surface area (TPSA) is 47.9 Å². The molecule has 4 heteroatoms. The number of likely N-dealkylation sites (N-methyl/N-ethyl adjacent to an activating group) is 1. The SMILES string of the molecule is Cc1ccc(N/N=C\c2ccc(N(C)CCO)cc2)cc1. The van der Waals surface area contributed by atoms with E-state index in [1.807, 2.05) is 60.5 Å². The van der Waals surface area contributed by atoms with Crippen LogP contribution in [0, 0.1) is 6.92 Å². The van der Waals surface area contributed by atoms with Gasteiger partial charge in [-0.3, -0.25) is 5.43 Å². The predicted molar refractivity (Wildman–Crippen MR) is 89.2 cm³/mol. The molecule has 0 heterocycles. The third-order valence-electron chi connectivity index (χ3n) is 3.23. The first-order valence-electron chi connectivity index (χ1n) is 6.97. The largest absolute Gasteiger partial charge is 0.395 e. The van der Waals surface area contributed by atoms with Gasteiger partial charge in [-0.15, -0.1) is 0 Å². The summed E-state index contributed by atoms with van der Waals surface area (Å²) < 4.78 is 0. The summed E-state index contributed by atoms with van der Waals surface area (Å²) in [5, 5.41) is 13.1. The zero-order valence-corrected chi connectivity index (χ0v) is 12.5. The van der Waals surface area contributed by atoms with Gasteiger partial charge in [0.2, 0.25) is 0 Å². The fourth-order valence-corrected chi connectivity index (χ4v) is 1.90. The van der Waals surface area contributed by atoms with Crippen LogP contribution in [0.1, 0.15) is 11.1 Å². The van der Waals surface area contributed by atoms with Crippen LogP contribution < -0.4 is 10.3 Å². The highest BCUT2D eigenvalue weighted by molar-refractivity contribution is 5.81. The normalized spacial score (nSPS) is 10.8. The van der Waals surface area contributed by atoms with E-state index in [1.54, 1.807) is 6.21 Å². The second kappa shape index (κ2) is 7.45. The van der Waals surface area contributed by atoms with Crippen molar-refractivity contribution in [2.45, 2.75) is 6.92 Å². The Morgan fingerprint density at radius 1 is 1.10 bits per heavy atom. The van der Waals surface area contributed by atoms with Crippen molar-refractivity contribution >= 4 is 17.6 Å². The van der Waals surface area contributed by atoms with Crippen molar-refractivity contribution < 1.29 is 5.11 Å². The third kappa shape index (κ3) is 4.61. The first-order chi connectivity index (χ1) is 10.2. The van der Waals surface area contributed by atoms with Crippen LogP contribution in [0.4, 0.5) is 11.4 Å². The molecule has 4 nitrogen and oxygen atoms in total. The van der Waals surface area contributed by atoms with Crippen molar-refractivity contribution in [2.24, 2.45) is 5.10 Å². The Balaban J connectivity index is 1.93. The maximum Gasteiger partial charge on any atom is 0.0606 e. The van der Waals surface area contributed by atoms with Crippen molar-refractivity contribution in [3.05, 3.63) is 59.7 Å². The zero-order chi connectivity index (χ0) is 15.1. The highest BCUT2D eigenvalue weighted by atomic mass is 16.3. The summed E-state index contributed by atoms with van der Waals surface area (Å²) in [7, 11) is 1.96. The van der Waals surface area contributed by atoms with Crippen LogP contribution in [-0.2, 0) is 0 Å². The quantitative estimate of drug-likeness (QED) is 0.633. The molecular formula is C17H21N3O. The lowest BCUT2D eigenvalue weighted by Crippen LogP contribution is -2.20. The number of nitrogens with zero attached hydrogens (tertiary/aromatic N) is 2. The number of hydrogen-bond donors (Lipinski definition) is 2. The predicted octanol–water partition coefficient (Wildman–Crippen LogP) is 2.87. The first-order valence-corrected chi connectivity index (χ1v) is 6.97. The Hall–Kier alpha value is -2.33. The Kier molecular flexibility index (Phi) is 5.35. The fourth-order valence-electron chi connectivity index (χ4n) is 1.90. The van der Waals surface area contributed by atoms with Crippen molar-refractivity contribution in [3.63, 3.8) is 0 Å². The number of hydrogen-bond acceptors (Lipinski definition) is 4. The Morgan fingerprint density at radius 2 is 1.76 bits per heavy atom. The molecule has 110 valence electrons. The van der Waals surface area contributed by atoms with Gasteiger partial charge in [0.1, 0.15) is 0 Å². The molecule has 0 aromatic heterocycles. The Morgan fingerprint density at radius 3 is 2.38 bits per heavy atom. The van der Waals surface area contributed by atoms with Crippen LogP contribution in [0.25, 0.3) is 0 Å². The lowest BCUT2D eigenvalue weighted by molar-refractivity contribution is 0.304. The van der Waals surface area contributed by atoms with Crippen molar-refractivity contribution in [1.29, 1.82) is 0 Å². The van der Waals surface area contributed by atoms with Crippen LogP contribution in [-0.4, -0.2) is 31.5 Å². The van der Waals surface area contributed by atoms with E-state index in [9.17, 15) is 0 Å². The van der Waals surface area contributed by atoms with Crippen molar-refractivity contribution in [3.8, 4) is 0 Å².